The lowest BCUT2D eigenvalue weighted by molar-refractivity contribution is 0.102. The summed E-state index contributed by atoms with van der Waals surface area (Å²) in [5.74, 6) is -0.882. The highest BCUT2D eigenvalue weighted by Gasteiger charge is 2.18. The van der Waals surface area contributed by atoms with Crippen LogP contribution in [0.3, 0.4) is 0 Å². The van der Waals surface area contributed by atoms with Crippen LogP contribution in [0.2, 0.25) is 5.02 Å². The first-order valence-corrected chi connectivity index (χ1v) is 7.14. The number of sulfone groups is 1. The SMILES string of the molecule is CCCS(=O)(=O)CC(=O)c1ccccc1Cl. The largest absolute Gasteiger partial charge is 0.293 e. The van der Waals surface area contributed by atoms with Crippen molar-refractivity contribution in [3.05, 3.63) is 34.9 Å². The maximum Gasteiger partial charge on any atom is 0.179 e. The second-order valence-electron chi connectivity index (χ2n) is 3.50. The first-order chi connectivity index (χ1) is 7.46. The molecule has 0 fully saturated rings. The van der Waals surface area contributed by atoms with Gasteiger partial charge in [-0.3, -0.25) is 4.79 Å². The molecule has 0 aliphatic heterocycles. The Morgan fingerprint density at radius 2 is 1.94 bits per heavy atom. The topological polar surface area (TPSA) is 51.2 Å². The lowest BCUT2D eigenvalue weighted by atomic mass is 10.1. The fourth-order valence-corrected chi connectivity index (χ4v) is 2.91. The van der Waals surface area contributed by atoms with Crippen LogP contribution < -0.4 is 0 Å². The van der Waals surface area contributed by atoms with Crippen molar-refractivity contribution in [2.75, 3.05) is 11.5 Å². The minimum Gasteiger partial charge on any atom is -0.293 e. The zero-order valence-electron chi connectivity index (χ0n) is 8.94. The van der Waals surface area contributed by atoms with Crippen LogP contribution in [0, 0.1) is 0 Å². The molecule has 88 valence electrons. The Bertz CT molecular complexity index is 480. The van der Waals surface area contributed by atoms with Crippen molar-refractivity contribution >= 4 is 27.2 Å². The molecule has 5 heteroatoms. The number of benzene rings is 1. The molecule has 1 aromatic carbocycles. The molecule has 0 aliphatic rings. The Morgan fingerprint density at radius 3 is 2.50 bits per heavy atom. The van der Waals surface area contributed by atoms with Crippen LogP contribution in [0.25, 0.3) is 0 Å². The molecule has 16 heavy (non-hydrogen) atoms. The molecule has 3 nitrogen and oxygen atoms in total. The van der Waals surface area contributed by atoms with Crippen molar-refractivity contribution < 1.29 is 13.2 Å². The molecule has 0 N–H and O–H groups in total. The van der Waals surface area contributed by atoms with E-state index in [4.69, 9.17) is 11.6 Å². The Balaban J connectivity index is 2.85. The van der Waals surface area contributed by atoms with E-state index in [1.807, 2.05) is 0 Å². The number of ketones is 1. The third-order valence-corrected chi connectivity index (χ3v) is 4.10. The molecule has 0 amide bonds. The Morgan fingerprint density at radius 1 is 1.31 bits per heavy atom. The second-order valence-corrected chi connectivity index (χ2v) is 6.09. The molecule has 0 unspecified atom stereocenters. The molecule has 1 aromatic rings. The molecule has 0 aliphatic carbocycles. The first kappa shape index (κ1) is 13.2. The van der Waals surface area contributed by atoms with E-state index < -0.39 is 21.4 Å². The summed E-state index contributed by atoms with van der Waals surface area (Å²) in [6, 6.07) is 6.46. The summed E-state index contributed by atoms with van der Waals surface area (Å²) in [7, 11) is -3.30. The predicted molar refractivity (Wildman–Crippen MR) is 64.7 cm³/mol. The smallest absolute Gasteiger partial charge is 0.179 e. The third-order valence-electron chi connectivity index (χ3n) is 2.04. The fourth-order valence-electron chi connectivity index (χ4n) is 1.35. The van der Waals surface area contributed by atoms with E-state index in [-0.39, 0.29) is 11.3 Å². The van der Waals surface area contributed by atoms with Crippen molar-refractivity contribution in [2.45, 2.75) is 13.3 Å². The number of halogens is 1. The quantitative estimate of drug-likeness (QED) is 0.764. The molecule has 1 rings (SSSR count). The van der Waals surface area contributed by atoms with Gasteiger partial charge in [-0.2, -0.15) is 0 Å². The van der Waals surface area contributed by atoms with Gasteiger partial charge >= 0.3 is 0 Å². The zero-order chi connectivity index (χ0) is 12.2. The summed E-state index contributed by atoms with van der Waals surface area (Å²) < 4.78 is 22.9. The summed E-state index contributed by atoms with van der Waals surface area (Å²) in [6.07, 6.45) is 0.512. The number of carbonyl (C=O) groups excluding carboxylic acids is 1. The summed E-state index contributed by atoms with van der Waals surface area (Å²) in [5, 5.41) is 0.291. The van der Waals surface area contributed by atoms with Crippen LogP contribution in [-0.4, -0.2) is 25.7 Å². The van der Waals surface area contributed by atoms with Gasteiger partial charge in [0, 0.05) is 5.56 Å². The molecular formula is C11H13ClO3S. The monoisotopic (exact) mass is 260 g/mol. The number of Topliss-reactive ketones (excluding diaryl/α,β-unsaturated/α-hetero) is 1. The maximum atomic E-state index is 11.7. The maximum absolute atomic E-state index is 11.7. The van der Waals surface area contributed by atoms with E-state index in [2.05, 4.69) is 0 Å². The van der Waals surface area contributed by atoms with Crippen molar-refractivity contribution in [1.82, 2.24) is 0 Å². The standard InChI is InChI=1S/C11H13ClO3S/c1-2-7-16(14,15)8-11(13)9-5-3-4-6-10(9)12/h3-6H,2,7-8H2,1H3. The van der Waals surface area contributed by atoms with E-state index in [9.17, 15) is 13.2 Å². The number of hydrogen-bond acceptors (Lipinski definition) is 3. The summed E-state index contributed by atoms with van der Waals surface area (Å²) >= 11 is 5.81. The lowest BCUT2D eigenvalue weighted by Crippen LogP contribution is -2.19. The van der Waals surface area contributed by atoms with E-state index >= 15 is 0 Å². The van der Waals surface area contributed by atoms with Crippen LogP contribution in [0.4, 0.5) is 0 Å². The van der Waals surface area contributed by atoms with Crippen LogP contribution in [0.1, 0.15) is 23.7 Å². The van der Waals surface area contributed by atoms with Crippen LogP contribution in [0.15, 0.2) is 24.3 Å². The molecule has 0 aromatic heterocycles. The van der Waals surface area contributed by atoms with E-state index in [1.54, 1.807) is 25.1 Å². The van der Waals surface area contributed by atoms with Gasteiger partial charge in [-0.15, -0.1) is 0 Å². The Kier molecular flexibility index (Phi) is 4.50. The van der Waals surface area contributed by atoms with Gasteiger partial charge in [-0.25, -0.2) is 8.42 Å². The van der Waals surface area contributed by atoms with Gasteiger partial charge in [0.15, 0.2) is 15.6 Å². The number of carbonyl (C=O) groups is 1. The van der Waals surface area contributed by atoms with Gasteiger partial charge in [0.1, 0.15) is 5.75 Å². The van der Waals surface area contributed by atoms with Gasteiger partial charge in [-0.1, -0.05) is 30.7 Å². The lowest BCUT2D eigenvalue weighted by Gasteiger charge is -2.03. The Hall–Kier alpha value is -0.870. The summed E-state index contributed by atoms with van der Waals surface area (Å²) in [6.45, 7) is 1.76. The molecule has 0 spiro atoms. The van der Waals surface area contributed by atoms with E-state index in [0.717, 1.165) is 0 Å². The van der Waals surface area contributed by atoms with Gasteiger partial charge in [0.2, 0.25) is 0 Å². The third kappa shape index (κ3) is 3.61. The highest BCUT2D eigenvalue weighted by atomic mass is 35.5. The fraction of sp³-hybridized carbons (Fsp3) is 0.364. The highest BCUT2D eigenvalue weighted by Crippen LogP contribution is 2.16. The predicted octanol–water partition coefficient (Wildman–Crippen LogP) is 2.35. The van der Waals surface area contributed by atoms with Gasteiger partial charge in [0.05, 0.1) is 10.8 Å². The van der Waals surface area contributed by atoms with Crippen molar-refractivity contribution in [1.29, 1.82) is 0 Å². The van der Waals surface area contributed by atoms with Crippen molar-refractivity contribution in [3.8, 4) is 0 Å². The average molecular weight is 261 g/mol. The molecule has 0 saturated carbocycles. The molecule has 0 bridgehead atoms. The van der Waals surface area contributed by atoms with Crippen LogP contribution in [-0.2, 0) is 9.84 Å². The van der Waals surface area contributed by atoms with Gasteiger partial charge < -0.3 is 0 Å². The molecule has 0 radical (unpaired) electrons. The van der Waals surface area contributed by atoms with Gasteiger partial charge in [-0.05, 0) is 18.6 Å². The first-order valence-electron chi connectivity index (χ1n) is 4.94. The summed E-state index contributed by atoms with van der Waals surface area (Å²) in [5.41, 5.74) is 0.267. The summed E-state index contributed by atoms with van der Waals surface area (Å²) in [4.78, 5) is 11.7. The van der Waals surface area contributed by atoms with Crippen molar-refractivity contribution in [3.63, 3.8) is 0 Å². The van der Waals surface area contributed by atoms with E-state index in [1.165, 1.54) is 6.07 Å². The Labute approximate surface area is 100 Å². The van der Waals surface area contributed by atoms with Crippen molar-refractivity contribution in [2.24, 2.45) is 0 Å². The minimum absolute atomic E-state index is 0.0309. The zero-order valence-corrected chi connectivity index (χ0v) is 10.5. The average Bonchev–Trinajstić information content (AvgIpc) is 2.17. The minimum atomic E-state index is -3.30. The molecule has 0 saturated heterocycles. The second kappa shape index (κ2) is 5.46. The highest BCUT2D eigenvalue weighted by molar-refractivity contribution is 7.92. The number of rotatable bonds is 5. The molecule has 0 atom stereocenters. The molecular weight excluding hydrogens is 248 g/mol. The number of hydrogen-bond donors (Lipinski definition) is 0. The van der Waals surface area contributed by atoms with Gasteiger partial charge in [0.25, 0.3) is 0 Å². The van der Waals surface area contributed by atoms with E-state index in [0.29, 0.717) is 11.4 Å². The molecule has 0 heterocycles. The van der Waals surface area contributed by atoms with Crippen LogP contribution in [0.5, 0.6) is 0 Å². The van der Waals surface area contributed by atoms with Crippen LogP contribution >= 0.6 is 11.6 Å². The normalized spacial score (nSPS) is 11.4.